The number of benzene rings is 1. The van der Waals surface area contributed by atoms with Crippen LogP contribution in [0.3, 0.4) is 0 Å². The quantitative estimate of drug-likeness (QED) is 0.828. The normalized spacial score (nSPS) is 23.2. The van der Waals surface area contributed by atoms with Crippen molar-refractivity contribution in [3.05, 3.63) is 41.5 Å². The molecule has 24 heavy (non-hydrogen) atoms. The Labute approximate surface area is 145 Å². The Kier molecular flexibility index (Phi) is 4.96. The minimum absolute atomic E-state index is 0.00913. The number of rotatable bonds is 5. The molecule has 1 N–H and O–H groups in total. The molecule has 1 saturated carbocycles. The van der Waals surface area contributed by atoms with Crippen molar-refractivity contribution in [2.75, 3.05) is 6.26 Å². The second-order valence-electron chi connectivity index (χ2n) is 7.64. The molecular weight excluding hydrogens is 322 g/mol. The molecule has 1 fully saturated rings. The van der Waals surface area contributed by atoms with Crippen molar-refractivity contribution in [1.29, 1.82) is 0 Å². The first-order chi connectivity index (χ1) is 10.9. The van der Waals surface area contributed by atoms with Gasteiger partial charge in [0, 0.05) is 6.26 Å². The van der Waals surface area contributed by atoms with Crippen LogP contribution in [0.1, 0.15) is 46.2 Å². The Morgan fingerprint density at radius 2 is 1.75 bits per heavy atom. The van der Waals surface area contributed by atoms with Gasteiger partial charge in [0.25, 0.3) is 0 Å². The smallest absolute Gasteiger partial charge is 0.224 e. The third-order valence-electron chi connectivity index (χ3n) is 4.87. The van der Waals surface area contributed by atoms with Crippen LogP contribution in [0.15, 0.2) is 40.8 Å². The topological polar surface area (TPSA) is 63.2 Å². The first-order valence-electron chi connectivity index (χ1n) is 8.20. The van der Waals surface area contributed by atoms with E-state index in [0.29, 0.717) is 0 Å². The lowest BCUT2D eigenvalue weighted by Crippen LogP contribution is -2.29. The highest BCUT2D eigenvalue weighted by molar-refractivity contribution is 7.90. The molecule has 0 heterocycles. The first kappa shape index (κ1) is 18.7. The highest BCUT2D eigenvalue weighted by Gasteiger charge is 2.60. The zero-order chi connectivity index (χ0) is 18.3. The summed E-state index contributed by atoms with van der Waals surface area (Å²) in [5.74, 6) is 0.328. The molecular formula is C19H27NO3S. The van der Waals surface area contributed by atoms with E-state index in [9.17, 15) is 13.2 Å². The lowest BCUT2D eigenvalue weighted by Gasteiger charge is -2.15. The van der Waals surface area contributed by atoms with Crippen LogP contribution in [0, 0.1) is 17.3 Å². The minimum atomic E-state index is -3.20. The van der Waals surface area contributed by atoms with Crippen LogP contribution in [0.2, 0.25) is 0 Å². The standard InChI is InChI=1S/C19H27NO3S/c1-12(2)11-16-17(19(16,4)5)18(21)20-13(3)14-7-9-15(10-8-14)24(6,22)23/h7-11,13,16-17H,1-6H3,(H,20,21)/t13-,16-,17+/m1/s1. The third-order valence-corrected chi connectivity index (χ3v) is 6.00. The zero-order valence-electron chi connectivity index (χ0n) is 15.3. The van der Waals surface area contributed by atoms with Crippen LogP contribution in [-0.2, 0) is 14.6 Å². The number of sulfone groups is 1. The summed E-state index contributed by atoms with van der Waals surface area (Å²) in [6.45, 7) is 10.3. The molecule has 0 aromatic heterocycles. The second-order valence-corrected chi connectivity index (χ2v) is 9.66. The maximum Gasteiger partial charge on any atom is 0.224 e. The zero-order valence-corrected chi connectivity index (χ0v) is 16.1. The average Bonchev–Trinajstić information content (AvgIpc) is 2.98. The van der Waals surface area contributed by atoms with Crippen LogP contribution in [0.5, 0.6) is 0 Å². The summed E-state index contributed by atoms with van der Waals surface area (Å²) in [5.41, 5.74) is 2.11. The van der Waals surface area contributed by atoms with E-state index < -0.39 is 9.84 Å². The Morgan fingerprint density at radius 3 is 2.21 bits per heavy atom. The van der Waals surface area contributed by atoms with Gasteiger partial charge in [-0.15, -0.1) is 0 Å². The summed E-state index contributed by atoms with van der Waals surface area (Å²) < 4.78 is 23.0. The number of hydrogen-bond donors (Lipinski definition) is 1. The third kappa shape index (κ3) is 3.89. The maximum absolute atomic E-state index is 12.6. The fourth-order valence-electron chi connectivity index (χ4n) is 3.24. The number of nitrogens with one attached hydrogen (secondary N) is 1. The predicted octanol–water partition coefficient (Wildman–Crippen LogP) is 3.51. The van der Waals surface area contributed by atoms with Crippen molar-refractivity contribution in [2.45, 2.75) is 45.6 Å². The summed E-state index contributed by atoms with van der Waals surface area (Å²) in [4.78, 5) is 12.9. The SMILES string of the molecule is CC(C)=C[C@@H]1[C@@H](C(=O)N[C@H](C)c2ccc(S(C)(=O)=O)cc2)C1(C)C. The van der Waals surface area contributed by atoms with Gasteiger partial charge in [-0.2, -0.15) is 0 Å². The number of carbonyl (C=O) groups is 1. The molecule has 0 aliphatic heterocycles. The van der Waals surface area contributed by atoms with Gasteiger partial charge in [-0.05, 0) is 49.8 Å². The number of hydrogen-bond acceptors (Lipinski definition) is 3. The summed E-state index contributed by atoms with van der Waals surface area (Å²) in [6.07, 6.45) is 3.36. The fourth-order valence-corrected chi connectivity index (χ4v) is 3.87. The molecule has 0 spiro atoms. The molecule has 1 aromatic rings. The van der Waals surface area contributed by atoms with Crippen LogP contribution in [0.4, 0.5) is 0 Å². The summed E-state index contributed by atoms with van der Waals surface area (Å²) in [7, 11) is -3.20. The molecule has 3 atom stereocenters. The Bertz CT molecular complexity index is 756. The van der Waals surface area contributed by atoms with Gasteiger partial charge in [0.2, 0.25) is 5.91 Å². The Morgan fingerprint density at radius 1 is 1.21 bits per heavy atom. The number of allylic oxidation sites excluding steroid dienone is 2. The first-order valence-corrected chi connectivity index (χ1v) is 10.1. The van der Waals surface area contributed by atoms with Crippen LogP contribution in [0.25, 0.3) is 0 Å². The van der Waals surface area contributed by atoms with E-state index in [4.69, 9.17) is 0 Å². The summed E-state index contributed by atoms with van der Waals surface area (Å²) >= 11 is 0. The highest BCUT2D eigenvalue weighted by Crippen LogP contribution is 2.59. The molecule has 4 nitrogen and oxygen atoms in total. The molecule has 0 bridgehead atoms. The van der Waals surface area contributed by atoms with Crippen LogP contribution >= 0.6 is 0 Å². The van der Waals surface area contributed by atoms with E-state index in [-0.39, 0.29) is 34.1 Å². The molecule has 0 radical (unpaired) electrons. The summed E-state index contributed by atoms with van der Waals surface area (Å²) in [6, 6.07) is 6.52. The largest absolute Gasteiger partial charge is 0.349 e. The van der Waals surface area contributed by atoms with E-state index in [2.05, 4.69) is 39.1 Å². The predicted molar refractivity (Wildman–Crippen MR) is 96.3 cm³/mol. The van der Waals surface area contributed by atoms with Crippen LogP contribution in [-0.4, -0.2) is 20.6 Å². The van der Waals surface area contributed by atoms with Crippen molar-refractivity contribution in [3.8, 4) is 0 Å². The molecule has 1 aromatic carbocycles. The van der Waals surface area contributed by atoms with Gasteiger partial charge < -0.3 is 5.32 Å². The van der Waals surface area contributed by atoms with Gasteiger partial charge in [-0.3, -0.25) is 4.79 Å². The second kappa shape index (κ2) is 6.36. The maximum atomic E-state index is 12.6. The highest BCUT2D eigenvalue weighted by atomic mass is 32.2. The van der Waals surface area contributed by atoms with Crippen molar-refractivity contribution >= 4 is 15.7 Å². The lowest BCUT2D eigenvalue weighted by atomic mass is 10.1. The molecule has 0 unspecified atom stereocenters. The van der Waals surface area contributed by atoms with Gasteiger partial charge in [-0.25, -0.2) is 8.42 Å². The molecule has 0 saturated heterocycles. The monoisotopic (exact) mass is 349 g/mol. The van der Waals surface area contributed by atoms with Crippen molar-refractivity contribution in [3.63, 3.8) is 0 Å². The van der Waals surface area contributed by atoms with Gasteiger partial charge in [0.05, 0.1) is 16.9 Å². The number of carbonyl (C=O) groups excluding carboxylic acids is 1. The van der Waals surface area contributed by atoms with Gasteiger partial charge in [-0.1, -0.05) is 37.6 Å². The van der Waals surface area contributed by atoms with E-state index in [1.165, 1.54) is 11.8 Å². The van der Waals surface area contributed by atoms with E-state index >= 15 is 0 Å². The van der Waals surface area contributed by atoms with E-state index in [0.717, 1.165) is 5.56 Å². The van der Waals surface area contributed by atoms with Crippen molar-refractivity contribution < 1.29 is 13.2 Å². The van der Waals surface area contributed by atoms with Crippen LogP contribution < -0.4 is 5.32 Å². The molecule has 2 rings (SSSR count). The molecule has 132 valence electrons. The average molecular weight is 349 g/mol. The minimum Gasteiger partial charge on any atom is -0.349 e. The van der Waals surface area contributed by atoms with E-state index in [1.807, 2.05) is 6.92 Å². The molecule has 1 aliphatic carbocycles. The molecule has 5 heteroatoms. The van der Waals surface area contributed by atoms with E-state index in [1.54, 1.807) is 24.3 Å². The van der Waals surface area contributed by atoms with Crippen molar-refractivity contribution in [1.82, 2.24) is 5.32 Å². The van der Waals surface area contributed by atoms with Gasteiger partial charge in [0.1, 0.15) is 0 Å². The Hall–Kier alpha value is -1.62. The van der Waals surface area contributed by atoms with Gasteiger partial charge in [0.15, 0.2) is 9.84 Å². The summed E-state index contributed by atoms with van der Waals surface area (Å²) in [5, 5.41) is 3.06. The van der Waals surface area contributed by atoms with Crippen molar-refractivity contribution in [2.24, 2.45) is 17.3 Å². The molecule has 1 amide bonds. The molecule has 1 aliphatic rings. The van der Waals surface area contributed by atoms with Gasteiger partial charge >= 0.3 is 0 Å². The fraction of sp³-hybridized carbons (Fsp3) is 0.526. The Balaban J connectivity index is 2.06. The number of amides is 1. The lowest BCUT2D eigenvalue weighted by molar-refractivity contribution is -0.123.